The molecule has 154 valence electrons. The van der Waals surface area contributed by atoms with E-state index in [4.69, 9.17) is 4.74 Å². The van der Waals surface area contributed by atoms with E-state index in [1.807, 2.05) is 44.2 Å². The van der Waals surface area contributed by atoms with Gasteiger partial charge in [-0.05, 0) is 66.1 Å². The molecule has 0 aliphatic heterocycles. The molecule has 7 nitrogen and oxygen atoms in total. The summed E-state index contributed by atoms with van der Waals surface area (Å²) in [5.41, 5.74) is 5.41. The molecule has 0 amide bonds. The van der Waals surface area contributed by atoms with E-state index < -0.39 is 0 Å². The first-order chi connectivity index (χ1) is 14.5. The van der Waals surface area contributed by atoms with Crippen LogP contribution in [0.4, 0.5) is 0 Å². The minimum absolute atomic E-state index is 0.294. The van der Waals surface area contributed by atoms with E-state index >= 15 is 0 Å². The van der Waals surface area contributed by atoms with E-state index in [9.17, 15) is 4.79 Å². The van der Waals surface area contributed by atoms with Gasteiger partial charge in [0.2, 0.25) is 0 Å². The van der Waals surface area contributed by atoms with Crippen molar-refractivity contribution in [2.75, 3.05) is 0 Å². The molecule has 2 aromatic heterocycles. The Hall–Kier alpha value is -3.26. The van der Waals surface area contributed by atoms with Gasteiger partial charge < -0.3 is 4.74 Å². The fourth-order valence-electron chi connectivity index (χ4n) is 3.26. The van der Waals surface area contributed by atoms with Crippen molar-refractivity contribution in [3.63, 3.8) is 0 Å². The molecule has 0 bridgehead atoms. The Morgan fingerprint density at radius 3 is 2.60 bits per heavy atom. The number of hydrogen-bond donors (Lipinski definition) is 0. The summed E-state index contributed by atoms with van der Waals surface area (Å²) in [5.74, 6) is 0.797. The number of thiazole rings is 1. The highest BCUT2D eigenvalue weighted by atomic mass is 32.1. The molecule has 0 unspecified atom stereocenters. The number of rotatable bonds is 6. The molecule has 0 aliphatic rings. The Morgan fingerprint density at radius 1 is 1.10 bits per heavy atom. The van der Waals surface area contributed by atoms with Crippen molar-refractivity contribution in [2.45, 2.75) is 33.8 Å². The minimum atomic E-state index is -0.294. The van der Waals surface area contributed by atoms with Crippen LogP contribution in [-0.4, -0.2) is 24.8 Å². The number of hydrogen-bond acceptors (Lipinski definition) is 6. The molecule has 30 heavy (non-hydrogen) atoms. The van der Waals surface area contributed by atoms with Gasteiger partial charge in [-0.3, -0.25) is 0 Å². The van der Waals surface area contributed by atoms with Crippen molar-refractivity contribution in [2.24, 2.45) is 7.05 Å². The third kappa shape index (κ3) is 3.78. The van der Waals surface area contributed by atoms with Gasteiger partial charge in [-0.1, -0.05) is 19.1 Å². The summed E-state index contributed by atoms with van der Waals surface area (Å²) >= 11 is 1.68. The first-order valence-corrected chi connectivity index (χ1v) is 10.6. The Labute approximate surface area is 178 Å². The molecular formula is C22H23N5O2S. The van der Waals surface area contributed by atoms with Crippen molar-refractivity contribution in [3.8, 4) is 22.7 Å². The van der Waals surface area contributed by atoms with Crippen LogP contribution in [0.1, 0.15) is 28.6 Å². The molecule has 2 aromatic carbocycles. The summed E-state index contributed by atoms with van der Waals surface area (Å²) < 4.78 is 8.65. The predicted molar refractivity (Wildman–Crippen MR) is 117 cm³/mol. The Kier molecular flexibility index (Phi) is 5.50. The number of ether oxygens (including phenoxy) is 1. The van der Waals surface area contributed by atoms with Crippen LogP contribution >= 0.6 is 11.3 Å². The largest absolute Gasteiger partial charge is 0.489 e. The maximum Gasteiger partial charge on any atom is 0.368 e. The van der Waals surface area contributed by atoms with Crippen LogP contribution in [0.15, 0.2) is 46.6 Å². The molecule has 0 radical (unpaired) electrons. The third-order valence-corrected chi connectivity index (χ3v) is 6.03. The van der Waals surface area contributed by atoms with Crippen molar-refractivity contribution in [1.29, 1.82) is 0 Å². The molecule has 2 heterocycles. The molecule has 0 aliphatic carbocycles. The van der Waals surface area contributed by atoms with Crippen molar-refractivity contribution in [3.05, 3.63) is 74.0 Å². The Balaban J connectivity index is 1.60. The summed E-state index contributed by atoms with van der Waals surface area (Å²) in [4.78, 5) is 17.0. The third-order valence-electron chi connectivity index (χ3n) is 5.03. The average Bonchev–Trinajstić information content (AvgIpc) is 3.35. The monoisotopic (exact) mass is 421 g/mol. The highest BCUT2D eigenvalue weighted by Crippen LogP contribution is 2.28. The van der Waals surface area contributed by atoms with Gasteiger partial charge in [-0.15, -0.1) is 11.3 Å². The second kappa shape index (κ2) is 8.23. The summed E-state index contributed by atoms with van der Waals surface area (Å²) in [6, 6.07) is 11.8. The highest BCUT2D eigenvalue weighted by Gasteiger charge is 2.14. The van der Waals surface area contributed by atoms with Gasteiger partial charge in [-0.2, -0.15) is 9.36 Å². The van der Waals surface area contributed by atoms with Crippen molar-refractivity contribution >= 4 is 11.3 Å². The Morgan fingerprint density at radius 2 is 1.93 bits per heavy atom. The summed E-state index contributed by atoms with van der Waals surface area (Å²) in [7, 11) is 1.58. The predicted octanol–water partition coefficient (Wildman–Crippen LogP) is 3.85. The molecule has 0 saturated heterocycles. The standard InChI is InChI=1S/C22H23N5O2S/c1-5-21-23-18(13-30-21)16-9-10-20(15(3)11-16)29-12-17-14(2)7-6-8-19(17)27-22(28)26(4)24-25-27/h6-11,13H,5,12H2,1-4H3. The van der Waals surface area contributed by atoms with Gasteiger partial charge in [0.15, 0.2) is 0 Å². The number of aromatic nitrogens is 5. The van der Waals surface area contributed by atoms with Crippen LogP contribution in [0.25, 0.3) is 16.9 Å². The summed E-state index contributed by atoms with van der Waals surface area (Å²) in [6.45, 7) is 6.45. The van der Waals surface area contributed by atoms with Crippen LogP contribution in [-0.2, 0) is 20.1 Å². The zero-order valence-corrected chi connectivity index (χ0v) is 18.2. The van der Waals surface area contributed by atoms with E-state index in [-0.39, 0.29) is 5.69 Å². The van der Waals surface area contributed by atoms with Crippen LogP contribution in [0.5, 0.6) is 5.75 Å². The van der Waals surface area contributed by atoms with Crippen LogP contribution in [0.3, 0.4) is 0 Å². The molecule has 0 saturated carbocycles. The quantitative estimate of drug-likeness (QED) is 0.473. The molecular weight excluding hydrogens is 398 g/mol. The zero-order valence-electron chi connectivity index (χ0n) is 17.4. The molecule has 0 N–H and O–H groups in total. The highest BCUT2D eigenvalue weighted by molar-refractivity contribution is 7.09. The normalized spacial score (nSPS) is 11.1. The SMILES string of the molecule is CCc1nc(-c2ccc(OCc3c(C)cccc3-n3nnn(C)c3=O)c(C)c2)cs1. The van der Waals surface area contributed by atoms with Crippen molar-refractivity contribution in [1.82, 2.24) is 24.8 Å². The topological polar surface area (TPSA) is 74.8 Å². The first-order valence-electron chi connectivity index (χ1n) is 9.74. The fraction of sp³-hybridized carbons (Fsp3) is 0.273. The lowest BCUT2D eigenvalue weighted by Gasteiger charge is -2.14. The molecule has 4 rings (SSSR count). The van der Waals surface area contributed by atoms with Gasteiger partial charge >= 0.3 is 5.69 Å². The molecule has 8 heteroatoms. The van der Waals surface area contributed by atoms with Crippen molar-refractivity contribution < 1.29 is 4.74 Å². The maximum atomic E-state index is 12.3. The number of benzene rings is 2. The lowest BCUT2D eigenvalue weighted by atomic mass is 10.1. The lowest BCUT2D eigenvalue weighted by Crippen LogP contribution is -2.23. The summed E-state index contributed by atoms with van der Waals surface area (Å²) in [5, 5.41) is 11.0. The van der Waals surface area contributed by atoms with Crippen LogP contribution in [0.2, 0.25) is 0 Å². The van der Waals surface area contributed by atoms with Gasteiger partial charge in [0, 0.05) is 23.6 Å². The first kappa shape index (κ1) is 20.0. The summed E-state index contributed by atoms with van der Waals surface area (Å²) in [6.07, 6.45) is 0.943. The molecule has 4 aromatic rings. The van der Waals surface area contributed by atoms with Gasteiger partial charge in [0.05, 0.1) is 16.4 Å². The number of nitrogens with zero attached hydrogens (tertiary/aromatic N) is 5. The van der Waals surface area contributed by atoms with E-state index in [2.05, 4.69) is 33.8 Å². The van der Waals surface area contributed by atoms with Gasteiger partial charge in [-0.25, -0.2) is 9.78 Å². The minimum Gasteiger partial charge on any atom is -0.489 e. The fourth-order valence-corrected chi connectivity index (χ4v) is 4.02. The van der Waals surface area contributed by atoms with Gasteiger partial charge in [0.1, 0.15) is 12.4 Å². The van der Waals surface area contributed by atoms with Crippen LogP contribution in [0, 0.1) is 13.8 Å². The molecule has 0 spiro atoms. The molecule has 0 atom stereocenters. The average molecular weight is 422 g/mol. The van der Waals surface area contributed by atoms with Gasteiger partial charge in [0.25, 0.3) is 0 Å². The Bertz CT molecular complexity index is 1250. The van der Waals surface area contributed by atoms with E-state index in [1.165, 1.54) is 9.36 Å². The maximum absolute atomic E-state index is 12.3. The molecule has 0 fully saturated rings. The number of tetrazole rings is 1. The second-order valence-corrected chi connectivity index (χ2v) is 8.06. The second-order valence-electron chi connectivity index (χ2n) is 7.12. The lowest BCUT2D eigenvalue weighted by molar-refractivity contribution is 0.302. The van der Waals surface area contributed by atoms with Crippen LogP contribution < -0.4 is 10.4 Å². The van der Waals surface area contributed by atoms with E-state index in [0.29, 0.717) is 12.3 Å². The smallest absolute Gasteiger partial charge is 0.368 e. The van der Waals surface area contributed by atoms with E-state index in [1.54, 1.807) is 18.4 Å². The number of aryl methyl sites for hydroxylation is 4. The zero-order chi connectivity index (χ0) is 21.3. The van der Waals surface area contributed by atoms with E-state index in [0.717, 1.165) is 45.1 Å².